The molecule has 0 spiro atoms. The van der Waals surface area contributed by atoms with E-state index >= 15 is 0 Å². The Morgan fingerprint density at radius 2 is 0.967 bits per heavy atom. The van der Waals surface area contributed by atoms with Crippen molar-refractivity contribution in [2.24, 2.45) is 0 Å². The van der Waals surface area contributed by atoms with Gasteiger partial charge >= 0.3 is 29.6 Å². The Hall–Kier alpha value is 0.870. The molecule has 0 aromatic heterocycles. The molecule has 0 saturated carbocycles. The van der Waals surface area contributed by atoms with Crippen LogP contribution in [0.25, 0.3) is 0 Å². The summed E-state index contributed by atoms with van der Waals surface area (Å²) in [5, 5.41) is 9.22. The molecule has 0 saturated heterocycles. The fraction of sp³-hybridized carbons (Fsp3) is 1.00. The molecule has 6 heteroatoms. The van der Waals surface area contributed by atoms with Gasteiger partial charge in [0.25, 0.3) is 0 Å². The van der Waals surface area contributed by atoms with Gasteiger partial charge in [0.05, 0.1) is 16.2 Å². The molecule has 176 valence electrons. The van der Waals surface area contributed by atoms with E-state index in [9.17, 15) is 18.1 Å². The van der Waals surface area contributed by atoms with Crippen LogP contribution in [0.15, 0.2) is 0 Å². The molecule has 0 aromatic rings. The summed E-state index contributed by atoms with van der Waals surface area (Å²) in [7, 11) is -4.27. The molecule has 0 amide bonds. The maximum atomic E-state index is 11.5. The molecule has 30 heavy (non-hydrogen) atoms. The van der Waals surface area contributed by atoms with Crippen LogP contribution in [-0.2, 0) is 10.1 Å². The minimum Gasteiger partial charge on any atom is -0.748 e. The predicted molar refractivity (Wildman–Crippen MR) is 123 cm³/mol. The number of unbranched alkanes of at least 4 members (excludes halogenated alkanes) is 14. The third kappa shape index (κ3) is 22.1. The van der Waals surface area contributed by atoms with E-state index in [-0.39, 0.29) is 29.6 Å². The van der Waals surface area contributed by atoms with Gasteiger partial charge in [0.15, 0.2) is 0 Å². The summed E-state index contributed by atoms with van der Waals surface area (Å²) in [4.78, 5) is 0. The van der Waals surface area contributed by atoms with Gasteiger partial charge in [-0.05, 0) is 25.7 Å². The van der Waals surface area contributed by atoms with Gasteiger partial charge in [-0.2, -0.15) is 0 Å². The van der Waals surface area contributed by atoms with Crippen molar-refractivity contribution in [1.82, 2.24) is 0 Å². The standard InChI is InChI=1S/C24H50O4S.Na/c1-3-5-7-9-10-11-12-13-14-15-16-18-20-24(29(26,27)28)22-21-23(25)19-17-8-6-4-2;/h23-25H,3-22H2,1-2H3,(H,26,27,28);/q;+1/p-1. The van der Waals surface area contributed by atoms with Crippen LogP contribution in [0.5, 0.6) is 0 Å². The molecule has 1 N–H and O–H groups in total. The first-order valence-corrected chi connectivity index (χ1v) is 14.0. The molecule has 0 fully saturated rings. The molecule has 0 aliphatic carbocycles. The molecule has 0 radical (unpaired) electrons. The number of hydrogen-bond acceptors (Lipinski definition) is 4. The maximum absolute atomic E-state index is 11.5. The summed E-state index contributed by atoms with van der Waals surface area (Å²) >= 11 is 0. The van der Waals surface area contributed by atoms with Crippen LogP contribution < -0.4 is 29.6 Å². The summed E-state index contributed by atoms with van der Waals surface area (Å²) in [6.07, 6.45) is 20.6. The van der Waals surface area contributed by atoms with Gasteiger partial charge in [0.1, 0.15) is 0 Å². The number of aliphatic hydroxyl groups is 1. The fourth-order valence-corrected chi connectivity index (χ4v) is 4.86. The molecule has 4 nitrogen and oxygen atoms in total. The normalized spacial score (nSPS) is 13.7. The van der Waals surface area contributed by atoms with E-state index in [1.807, 2.05) is 0 Å². The van der Waals surface area contributed by atoms with Crippen molar-refractivity contribution in [3.05, 3.63) is 0 Å². The largest absolute Gasteiger partial charge is 1.00 e. The first kappa shape index (κ1) is 33.0. The van der Waals surface area contributed by atoms with Gasteiger partial charge in [0.2, 0.25) is 0 Å². The van der Waals surface area contributed by atoms with E-state index in [4.69, 9.17) is 0 Å². The monoisotopic (exact) mass is 456 g/mol. The van der Waals surface area contributed by atoms with Crippen LogP contribution >= 0.6 is 0 Å². The average molecular weight is 457 g/mol. The summed E-state index contributed by atoms with van der Waals surface area (Å²) in [5.74, 6) is 0. The van der Waals surface area contributed by atoms with E-state index < -0.39 is 21.5 Å². The van der Waals surface area contributed by atoms with Gasteiger partial charge in [-0.25, -0.2) is 8.42 Å². The SMILES string of the molecule is CCCCCCCCCCCCCCC(CCC(O)CCCCCC)S(=O)(=O)[O-].[Na+]. The summed E-state index contributed by atoms with van der Waals surface area (Å²) in [6, 6.07) is 0. The van der Waals surface area contributed by atoms with Crippen molar-refractivity contribution in [3.8, 4) is 0 Å². The first-order valence-electron chi connectivity index (χ1n) is 12.5. The molecule has 0 rings (SSSR count). The molecular formula is C24H49NaO4S. The van der Waals surface area contributed by atoms with E-state index in [2.05, 4.69) is 13.8 Å². The number of aliphatic hydroxyl groups excluding tert-OH is 1. The van der Waals surface area contributed by atoms with Crippen molar-refractivity contribution < 1.29 is 47.6 Å². The zero-order chi connectivity index (χ0) is 21.8. The summed E-state index contributed by atoms with van der Waals surface area (Å²) < 4.78 is 34.6. The Labute approximate surface area is 210 Å². The predicted octanol–water partition coefficient (Wildman–Crippen LogP) is 4.11. The second-order valence-electron chi connectivity index (χ2n) is 8.87. The first-order chi connectivity index (χ1) is 13.9. The molecule has 0 heterocycles. The second kappa shape index (κ2) is 23.0. The molecule has 2 unspecified atom stereocenters. The average Bonchev–Trinajstić information content (AvgIpc) is 2.67. The Balaban J connectivity index is 0. The van der Waals surface area contributed by atoms with E-state index in [0.717, 1.165) is 38.5 Å². The maximum Gasteiger partial charge on any atom is 1.00 e. The topological polar surface area (TPSA) is 77.4 Å². The van der Waals surface area contributed by atoms with Crippen molar-refractivity contribution in [3.63, 3.8) is 0 Å². The van der Waals surface area contributed by atoms with Crippen molar-refractivity contribution >= 4 is 10.1 Å². The van der Waals surface area contributed by atoms with Crippen LogP contribution in [0.1, 0.15) is 142 Å². The van der Waals surface area contributed by atoms with Crippen LogP contribution in [0.2, 0.25) is 0 Å². The van der Waals surface area contributed by atoms with Gasteiger partial charge in [0, 0.05) is 5.25 Å². The van der Waals surface area contributed by atoms with Gasteiger partial charge < -0.3 is 9.66 Å². The molecule has 0 aliphatic heterocycles. The minimum absolute atomic E-state index is 0. The molecule has 0 bridgehead atoms. The third-order valence-corrected chi connectivity index (χ3v) is 7.29. The zero-order valence-electron chi connectivity index (χ0n) is 20.4. The van der Waals surface area contributed by atoms with Crippen molar-refractivity contribution in [1.29, 1.82) is 0 Å². The van der Waals surface area contributed by atoms with Crippen LogP contribution in [0, 0.1) is 0 Å². The van der Waals surface area contributed by atoms with E-state index in [0.29, 0.717) is 25.7 Å². The van der Waals surface area contributed by atoms with Crippen LogP contribution in [-0.4, -0.2) is 29.4 Å². The Morgan fingerprint density at radius 1 is 0.600 bits per heavy atom. The second-order valence-corrected chi connectivity index (χ2v) is 10.5. The minimum atomic E-state index is -4.27. The molecule has 2 atom stereocenters. The molecular weight excluding hydrogens is 407 g/mol. The Morgan fingerprint density at radius 3 is 1.40 bits per heavy atom. The van der Waals surface area contributed by atoms with Crippen molar-refractivity contribution in [2.45, 2.75) is 154 Å². The van der Waals surface area contributed by atoms with Crippen LogP contribution in [0.3, 0.4) is 0 Å². The summed E-state index contributed by atoms with van der Waals surface area (Å²) in [5.41, 5.74) is 0. The Kier molecular flexibility index (Phi) is 25.4. The molecule has 0 aromatic carbocycles. The number of hydrogen-bond donors (Lipinski definition) is 1. The zero-order valence-corrected chi connectivity index (χ0v) is 23.2. The third-order valence-electron chi connectivity index (χ3n) is 6.00. The van der Waals surface area contributed by atoms with Crippen molar-refractivity contribution in [2.75, 3.05) is 0 Å². The number of rotatable bonds is 22. The Bertz CT molecular complexity index is 442. The fourth-order valence-electron chi connectivity index (χ4n) is 3.98. The van der Waals surface area contributed by atoms with Crippen LogP contribution in [0.4, 0.5) is 0 Å². The quantitative estimate of drug-likeness (QED) is 0.151. The summed E-state index contributed by atoms with van der Waals surface area (Å²) in [6.45, 7) is 4.39. The van der Waals surface area contributed by atoms with Gasteiger partial charge in [-0.15, -0.1) is 0 Å². The van der Waals surface area contributed by atoms with Gasteiger partial charge in [-0.1, -0.05) is 117 Å². The molecule has 0 aliphatic rings. The van der Waals surface area contributed by atoms with Gasteiger partial charge in [-0.3, -0.25) is 0 Å². The smallest absolute Gasteiger partial charge is 0.748 e. The van der Waals surface area contributed by atoms with E-state index in [1.54, 1.807) is 0 Å². The van der Waals surface area contributed by atoms with E-state index in [1.165, 1.54) is 64.2 Å².